The van der Waals surface area contributed by atoms with Gasteiger partial charge in [0.05, 0.1) is 17.2 Å². The van der Waals surface area contributed by atoms with E-state index in [4.69, 9.17) is 11.6 Å². The maximum absolute atomic E-state index is 12.7. The standard InChI is InChI=1S/C22H27ClN4O3/c1-16(17-5-3-2-4-6-17)11-20(28)25-9-7-22(30,8-10-25)14-26-15-24-27-13-18(23)12-19(27)21(26)29/h2-6,12-13,16,24,30H,7-11,14-15H2,1H3. The Labute approximate surface area is 181 Å². The zero-order valence-electron chi connectivity index (χ0n) is 17.1. The highest BCUT2D eigenvalue weighted by molar-refractivity contribution is 6.31. The van der Waals surface area contributed by atoms with Gasteiger partial charge in [0, 0.05) is 25.7 Å². The van der Waals surface area contributed by atoms with Gasteiger partial charge in [0.2, 0.25) is 5.91 Å². The molecule has 1 aromatic heterocycles. The first kappa shape index (κ1) is 20.8. The number of rotatable bonds is 5. The van der Waals surface area contributed by atoms with Gasteiger partial charge in [-0.1, -0.05) is 48.9 Å². The molecular formula is C22H27ClN4O3. The van der Waals surface area contributed by atoms with Crippen LogP contribution >= 0.6 is 11.6 Å². The number of amides is 2. The minimum Gasteiger partial charge on any atom is -0.388 e. The van der Waals surface area contributed by atoms with Crippen molar-refractivity contribution in [3.63, 3.8) is 0 Å². The lowest BCUT2D eigenvalue weighted by Gasteiger charge is -2.42. The van der Waals surface area contributed by atoms with Crippen molar-refractivity contribution in [1.82, 2.24) is 14.5 Å². The predicted molar refractivity (Wildman–Crippen MR) is 115 cm³/mol. The van der Waals surface area contributed by atoms with Crippen molar-refractivity contribution in [3.05, 3.63) is 58.9 Å². The van der Waals surface area contributed by atoms with Gasteiger partial charge in [-0.15, -0.1) is 0 Å². The van der Waals surface area contributed by atoms with E-state index in [1.807, 2.05) is 35.2 Å². The van der Waals surface area contributed by atoms with Crippen molar-refractivity contribution < 1.29 is 14.7 Å². The predicted octanol–water partition coefficient (Wildman–Crippen LogP) is 2.65. The van der Waals surface area contributed by atoms with Crippen molar-refractivity contribution >= 4 is 23.4 Å². The van der Waals surface area contributed by atoms with E-state index >= 15 is 0 Å². The highest BCUT2D eigenvalue weighted by atomic mass is 35.5. The molecule has 2 N–H and O–H groups in total. The van der Waals surface area contributed by atoms with Crippen LogP contribution in [0.15, 0.2) is 42.6 Å². The van der Waals surface area contributed by atoms with E-state index < -0.39 is 5.60 Å². The average molecular weight is 431 g/mol. The molecule has 2 aliphatic rings. The SMILES string of the molecule is CC(CC(=O)N1CCC(O)(CN2CNn3cc(Cl)cc3C2=O)CC1)c1ccccc1. The number of nitrogens with one attached hydrogen (secondary N) is 1. The average Bonchev–Trinajstić information content (AvgIpc) is 3.12. The van der Waals surface area contributed by atoms with Crippen LogP contribution in [-0.2, 0) is 4.79 Å². The second kappa shape index (κ2) is 8.32. The Morgan fingerprint density at radius 3 is 2.67 bits per heavy atom. The summed E-state index contributed by atoms with van der Waals surface area (Å²) in [6, 6.07) is 11.6. The second-order valence-electron chi connectivity index (χ2n) is 8.35. The highest BCUT2D eigenvalue weighted by Crippen LogP contribution is 2.27. The minimum absolute atomic E-state index is 0.108. The van der Waals surface area contributed by atoms with E-state index in [2.05, 4.69) is 12.3 Å². The third-order valence-electron chi connectivity index (χ3n) is 6.11. The van der Waals surface area contributed by atoms with Gasteiger partial charge in [-0.25, -0.2) is 0 Å². The molecule has 2 aliphatic heterocycles. The van der Waals surface area contributed by atoms with Crippen molar-refractivity contribution in [2.75, 3.05) is 31.7 Å². The van der Waals surface area contributed by atoms with Gasteiger partial charge in [-0.2, -0.15) is 0 Å². The Morgan fingerprint density at radius 2 is 1.97 bits per heavy atom. The number of halogens is 1. The fourth-order valence-electron chi connectivity index (χ4n) is 4.23. The maximum Gasteiger partial charge on any atom is 0.274 e. The number of piperidine rings is 1. The number of hydrogen-bond acceptors (Lipinski definition) is 4. The number of fused-ring (bicyclic) bond motifs is 1. The number of hydrogen-bond donors (Lipinski definition) is 2. The molecule has 0 radical (unpaired) electrons. The molecule has 2 aromatic rings. The Morgan fingerprint density at radius 1 is 1.27 bits per heavy atom. The Balaban J connectivity index is 1.31. The number of carbonyl (C=O) groups excluding carboxylic acids is 2. The molecule has 1 fully saturated rings. The van der Waals surface area contributed by atoms with Crippen LogP contribution in [-0.4, -0.2) is 63.3 Å². The summed E-state index contributed by atoms with van der Waals surface area (Å²) in [7, 11) is 0. The Bertz CT molecular complexity index is 922. The number of carbonyl (C=O) groups is 2. The molecule has 30 heavy (non-hydrogen) atoms. The van der Waals surface area contributed by atoms with Crippen LogP contribution in [0.25, 0.3) is 0 Å². The van der Waals surface area contributed by atoms with Gasteiger partial charge in [0.1, 0.15) is 12.4 Å². The lowest BCUT2D eigenvalue weighted by atomic mass is 9.89. The quantitative estimate of drug-likeness (QED) is 0.764. The molecule has 0 spiro atoms. The zero-order chi connectivity index (χ0) is 21.3. The first-order chi connectivity index (χ1) is 14.3. The van der Waals surface area contributed by atoms with Crippen molar-refractivity contribution in [3.8, 4) is 0 Å². The Kier molecular flexibility index (Phi) is 5.75. The number of β-amino-alcohol motifs (C(OH)–C–C–N with tert-alkyl or cyclic N) is 1. The summed E-state index contributed by atoms with van der Waals surface area (Å²) in [6.45, 7) is 3.58. The van der Waals surface area contributed by atoms with Gasteiger partial charge in [-0.3, -0.25) is 14.3 Å². The number of benzene rings is 1. The van der Waals surface area contributed by atoms with E-state index in [1.165, 1.54) is 0 Å². The topological polar surface area (TPSA) is 77.8 Å². The number of likely N-dealkylation sites (tertiary alicyclic amines) is 1. The molecule has 2 amide bonds. The molecule has 0 aliphatic carbocycles. The summed E-state index contributed by atoms with van der Waals surface area (Å²) >= 11 is 5.99. The van der Waals surface area contributed by atoms with E-state index in [1.54, 1.807) is 21.8 Å². The first-order valence-electron chi connectivity index (χ1n) is 10.3. The molecule has 0 saturated carbocycles. The van der Waals surface area contributed by atoms with Crippen LogP contribution in [0.1, 0.15) is 48.2 Å². The lowest BCUT2D eigenvalue weighted by molar-refractivity contribution is -0.136. The van der Waals surface area contributed by atoms with Crippen molar-refractivity contribution in [1.29, 1.82) is 0 Å². The molecular weight excluding hydrogens is 404 g/mol. The zero-order valence-corrected chi connectivity index (χ0v) is 17.8. The largest absolute Gasteiger partial charge is 0.388 e. The van der Waals surface area contributed by atoms with Gasteiger partial charge < -0.3 is 20.3 Å². The summed E-state index contributed by atoms with van der Waals surface area (Å²) in [5.74, 6) is 0.0977. The third-order valence-corrected chi connectivity index (χ3v) is 6.31. The van der Waals surface area contributed by atoms with Crippen LogP contribution in [0.2, 0.25) is 5.02 Å². The highest BCUT2D eigenvalue weighted by Gasteiger charge is 2.38. The van der Waals surface area contributed by atoms with Gasteiger partial charge in [-0.05, 0) is 30.4 Å². The number of nitrogens with zero attached hydrogens (tertiary/aromatic N) is 3. The number of aromatic nitrogens is 1. The Hall–Kier alpha value is -2.51. The molecule has 1 unspecified atom stereocenters. The van der Waals surface area contributed by atoms with E-state index in [0.29, 0.717) is 49.7 Å². The molecule has 1 atom stereocenters. The third kappa shape index (κ3) is 4.32. The maximum atomic E-state index is 12.7. The molecule has 1 saturated heterocycles. The van der Waals surface area contributed by atoms with Gasteiger partial charge in [0.15, 0.2) is 0 Å². The first-order valence-corrected chi connectivity index (χ1v) is 10.7. The monoisotopic (exact) mass is 430 g/mol. The molecule has 160 valence electrons. The minimum atomic E-state index is -1.00. The summed E-state index contributed by atoms with van der Waals surface area (Å²) in [6.07, 6.45) is 3.00. The van der Waals surface area contributed by atoms with E-state index in [-0.39, 0.29) is 24.3 Å². The molecule has 0 bridgehead atoms. The van der Waals surface area contributed by atoms with Crippen LogP contribution in [0, 0.1) is 0 Å². The van der Waals surface area contributed by atoms with Crippen molar-refractivity contribution in [2.45, 2.75) is 37.7 Å². The lowest BCUT2D eigenvalue weighted by Crippen LogP contribution is -2.56. The summed E-state index contributed by atoms with van der Waals surface area (Å²) in [5, 5.41) is 11.6. The van der Waals surface area contributed by atoms with E-state index in [9.17, 15) is 14.7 Å². The van der Waals surface area contributed by atoms with Gasteiger partial charge >= 0.3 is 0 Å². The van der Waals surface area contributed by atoms with E-state index in [0.717, 1.165) is 5.56 Å². The summed E-state index contributed by atoms with van der Waals surface area (Å²) in [4.78, 5) is 28.9. The number of aliphatic hydroxyl groups is 1. The molecule has 3 heterocycles. The molecule has 1 aromatic carbocycles. The normalized spacial score (nSPS) is 19.2. The fraction of sp³-hybridized carbons (Fsp3) is 0.455. The molecule has 7 nitrogen and oxygen atoms in total. The fourth-order valence-corrected chi connectivity index (χ4v) is 4.43. The molecule has 8 heteroatoms. The van der Waals surface area contributed by atoms with Crippen molar-refractivity contribution in [2.24, 2.45) is 0 Å². The van der Waals surface area contributed by atoms with Crippen LogP contribution in [0.4, 0.5) is 0 Å². The van der Waals surface area contributed by atoms with Crippen LogP contribution in [0.3, 0.4) is 0 Å². The smallest absolute Gasteiger partial charge is 0.274 e. The summed E-state index contributed by atoms with van der Waals surface area (Å²) in [5.41, 5.74) is 3.70. The summed E-state index contributed by atoms with van der Waals surface area (Å²) < 4.78 is 1.61. The van der Waals surface area contributed by atoms with Crippen LogP contribution < -0.4 is 5.43 Å². The molecule has 4 rings (SSSR count). The van der Waals surface area contributed by atoms with Gasteiger partial charge in [0.25, 0.3) is 5.91 Å². The second-order valence-corrected chi connectivity index (χ2v) is 8.79. The van der Waals surface area contributed by atoms with Crippen LogP contribution in [0.5, 0.6) is 0 Å².